The average molecular weight is 236 g/mol. The van der Waals surface area contributed by atoms with Crippen LogP contribution in [-0.4, -0.2) is 30.1 Å². The lowest BCUT2D eigenvalue weighted by Crippen LogP contribution is -2.34. The minimum atomic E-state index is 0.757. The zero-order chi connectivity index (χ0) is 11.0. The van der Waals surface area contributed by atoms with Crippen molar-refractivity contribution in [2.45, 2.75) is 44.8 Å². The Bertz CT molecular complexity index is 361. The van der Waals surface area contributed by atoms with Crippen LogP contribution in [-0.2, 0) is 6.54 Å². The predicted molar refractivity (Wildman–Crippen MR) is 68.9 cm³/mol. The Kier molecular flexibility index (Phi) is 3.01. The van der Waals surface area contributed by atoms with Crippen molar-refractivity contribution in [1.82, 2.24) is 10.2 Å². The van der Waals surface area contributed by atoms with Gasteiger partial charge in [-0.3, -0.25) is 4.90 Å². The van der Waals surface area contributed by atoms with Gasteiger partial charge in [0.25, 0.3) is 0 Å². The molecule has 0 aromatic carbocycles. The zero-order valence-electron chi connectivity index (χ0n) is 9.91. The summed E-state index contributed by atoms with van der Waals surface area (Å²) in [7, 11) is 0. The molecule has 0 spiro atoms. The molecule has 2 aliphatic heterocycles. The first-order valence-corrected chi connectivity index (χ1v) is 7.20. The zero-order valence-corrected chi connectivity index (χ0v) is 10.7. The molecule has 2 aliphatic rings. The van der Waals surface area contributed by atoms with E-state index < -0.39 is 0 Å². The molecule has 3 heterocycles. The van der Waals surface area contributed by atoms with Crippen molar-refractivity contribution in [2.75, 3.05) is 13.1 Å². The largest absolute Gasteiger partial charge is 0.310 e. The summed E-state index contributed by atoms with van der Waals surface area (Å²) in [5.74, 6) is 0. The summed E-state index contributed by atoms with van der Waals surface area (Å²) in [6.07, 6.45) is 4.11. The van der Waals surface area contributed by atoms with Gasteiger partial charge in [-0.05, 0) is 43.2 Å². The molecule has 0 amide bonds. The Morgan fingerprint density at radius 3 is 3.06 bits per heavy atom. The van der Waals surface area contributed by atoms with Crippen LogP contribution in [0.5, 0.6) is 0 Å². The molecule has 2 saturated heterocycles. The summed E-state index contributed by atoms with van der Waals surface area (Å²) in [6, 6.07) is 3.80. The monoisotopic (exact) mass is 236 g/mol. The van der Waals surface area contributed by atoms with Crippen LogP contribution in [0.2, 0.25) is 0 Å². The lowest BCUT2D eigenvalue weighted by Gasteiger charge is -2.23. The van der Waals surface area contributed by atoms with Gasteiger partial charge in [0, 0.05) is 36.6 Å². The molecule has 0 aliphatic carbocycles. The summed E-state index contributed by atoms with van der Waals surface area (Å²) in [6.45, 7) is 5.90. The van der Waals surface area contributed by atoms with Crippen LogP contribution in [0.4, 0.5) is 0 Å². The van der Waals surface area contributed by atoms with Crippen LogP contribution in [0.3, 0.4) is 0 Å². The first-order chi connectivity index (χ1) is 7.81. The van der Waals surface area contributed by atoms with Gasteiger partial charge >= 0.3 is 0 Å². The van der Waals surface area contributed by atoms with Crippen molar-refractivity contribution in [3.8, 4) is 0 Å². The average Bonchev–Trinajstić information content (AvgIpc) is 2.78. The standard InChI is InChI=1S/C13H20N2S/c1-10-5-7-16-13(10)9-15-6-4-11-2-3-12(8-15)14-11/h5,7,11-12,14H,2-4,6,8-9H2,1H3. The van der Waals surface area contributed by atoms with Gasteiger partial charge in [-0.2, -0.15) is 0 Å². The van der Waals surface area contributed by atoms with E-state index in [2.05, 4.69) is 28.6 Å². The van der Waals surface area contributed by atoms with Crippen molar-refractivity contribution >= 4 is 11.3 Å². The molecule has 3 heteroatoms. The molecular formula is C13H20N2S. The SMILES string of the molecule is Cc1ccsc1CN1CCC2CCC(C1)N2. The molecule has 2 bridgehead atoms. The van der Waals surface area contributed by atoms with Gasteiger partial charge in [0.05, 0.1) is 0 Å². The quantitative estimate of drug-likeness (QED) is 0.848. The van der Waals surface area contributed by atoms with E-state index in [1.165, 1.54) is 37.9 Å². The maximum Gasteiger partial charge on any atom is 0.0331 e. The normalized spacial score (nSPS) is 30.6. The van der Waals surface area contributed by atoms with Crippen LogP contribution in [0.15, 0.2) is 11.4 Å². The van der Waals surface area contributed by atoms with E-state index >= 15 is 0 Å². The second-order valence-corrected chi connectivity index (χ2v) is 6.19. The maximum absolute atomic E-state index is 3.74. The van der Waals surface area contributed by atoms with Gasteiger partial charge in [0.1, 0.15) is 0 Å². The second-order valence-electron chi connectivity index (χ2n) is 5.19. The summed E-state index contributed by atoms with van der Waals surface area (Å²) in [4.78, 5) is 4.19. The van der Waals surface area contributed by atoms with Crippen LogP contribution in [0, 0.1) is 6.92 Å². The topological polar surface area (TPSA) is 15.3 Å². The van der Waals surface area contributed by atoms with Crippen molar-refractivity contribution in [2.24, 2.45) is 0 Å². The van der Waals surface area contributed by atoms with Gasteiger partial charge in [0.2, 0.25) is 0 Å². The number of nitrogens with one attached hydrogen (secondary N) is 1. The third-order valence-electron chi connectivity index (χ3n) is 3.94. The van der Waals surface area contributed by atoms with Crippen molar-refractivity contribution in [1.29, 1.82) is 0 Å². The highest BCUT2D eigenvalue weighted by atomic mass is 32.1. The van der Waals surface area contributed by atoms with Gasteiger partial charge in [-0.1, -0.05) is 0 Å². The van der Waals surface area contributed by atoms with E-state index in [1.54, 1.807) is 4.88 Å². The Balaban J connectivity index is 1.65. The van der Waals surface area contributed by atoms with Crippen LogP contribution >= 0.6 is 11.3 Å². The fourth-order valence-corrected chi connectivity index (χ4v) is 3.88. The van der Waals surface area contributed by atoms with E-state index in [0.29, 0.717) is 0 Å². The van der Waals surface area contributed by atoms with Crippen LogP contribution in [0.25, 0.3) is 0 Å². The molecule has 1 N–H and O–H groups in total. The minimum absolute atomic E-state index is 0.757. The highest BCUT2D eigenvalue weighted by Crippen LogP contribution is 2.23. The number of thiophene rings is 1. The molecule has 2 fully saturated rings. The Morgan fingerprint density at radius 1 is 1.38 bits per heavy atom. The fourth-order valence-electron chi connectivity index (χ4n) is 2.93. The molecule has 1 aromatic heterocycles. The lowest BCUT2D eigenvalue weighted by molar-refractivity contribution is 0.252. The van der Waals surface area contributed by atoms with Crippen LogP contribution < -0.4 is 5.32 Å². The first kappa shape index (κ1) is 10.8. The minimum Gasteiger partial charge on any atom is -0.310 e. The number of aryl methyl sites for hydroxylation is 1. The molecule has 2 unspecified atom stereocenters. The van der Waals surface area contributed by atoms with Gasteiger partial charge < -0.3 is 5.32 Å². The van der Waals surface area contributed by atoms with Crippen molar-refractivity contribution in [3.63, 3.8) is 0 Å². The fraction of sp³-hybridized carbons (Fsp3) is 0.692. The number of hydrogen-bond acceptors (Lipinski definition) is 3. The van der Waals surface area contributed by atoms with Crippen molar-refractivity contribution < 1.29 is 0 Å². The Labute approximate surface area is 102 Å². The number of rotatable bonds is 2. The smallest absolute Gasteiger partial charge is 0.0331 e. The van der Waals surface area contributed by atoms with E-state index in [4.69, 9.17) is 0 Å². The molecule has 3 rings (SSSR count). The highest BCUT2D eigenvalue weighted by molar-refractivity contribution is 7.10. The summed E-state index contributed by atoms with van der Waals surface area (Å²) in [5, 5.41) is 5.95. The molecular weight excluding hydrogens is 216 g/mol. The number of hydrogen-bond donors (Lipinski definition) is 1. The van der Waals surface area contributed by atoms with Crippen LogP contribution in [0.1, 0.15) is 29.7 Å². The second kappa shape index (κ2) is 4.47. The predicted octanol–water partition coefficient (Wildman–Crippen LogP) is 2.38. The highest BCUT2D eigenvalue weighted by Gasteiger charge is 2.29. The molecule has 88 valence electrons. The Morgan fingerprint density at radius 2 is 2.25 bits per heavy atom. The molecule has 2 nitrogen and oxygen atoms in total. The number of likely N-dealkylation sites (tertiary alicyclic amines) is 1. The molecule has 2 atom stereocenters. The summed E-state index contributed by atoms with van der Waals surface area (Å²) in [5.41, 5.74) is 1.47. The van der Waals surface area contributed by atoms with E-state index in [0.717, 1.165) is 18.6 Å². The lowest BCUT2D eigenvalue weighted by atomic mass is 10.1. The summed E-state index contributed by atoms with van der Waals surface area (Å²) < 4.78 is 0. The molecule has 0 radical (unpaired) electrons. The molecule has 16 heavy (non-hydrogen) atoms. The number of nitrogens with zero attached hydrogens (tertiary/aromatic N) is 1. The van der Waals surface area contributed by atoms with Crippen molar-refractivity contribution in [3.05, 3.63) is 21.9 Å². The van der Waals surface area contributed by atoms with Gasteiger partial charge in [0.15, 0.2) is 0 Å². The maximum atomic E-state index is 3.74. The van der Waals surface area contributed by atoms with E-state index in [-0.39, 0.29) is 0 Å². The third kappa shape index (κ3) is 2.17. The van der Waals surface area contributed by atoms with E-state index in [9.17, 15) is 0 Å². The Hall–Kier alpha value is -0.380. The summed E-state index contributed by atoms with van der Waals surface area (Å²) >= 11 is 1.91. The van der Waals surface area contributed by atoms with E-state index in [1.807, 2.05) is 11.3 Å². The molecule has 0 saturated carbocycles. The third-order valence-corrected chi connectivity index (χ3v) is 4.95. The first-order valence-electron chi connectivity index (χ1n) is 6.32. The van der Waals surface area contributed by atoms with Gasteiger partial charge in [-0.25, -0.2) is 0 Å². The van der Waals surface area contributed by atoms with Gasteiger partial charge in [-0.15, -0.1) is 11.3 Å². The number of fused-ring (bicyclic) bond motifs is 2. The molecule has 1 aromatic rings.